The molecule has 110 valence electrons. The lowest BCUT2D eigenvalue weighted by atomic mass is 10.1. The van der Waals surface area contributed by atoms with E-state index in [-0.39, 0.29) is 5.69 Å². The summed E-state index contributed by atoms with van der Waals surface area (Å²) in [5.74, 6) is -0.322. The SMILES string of the molecule is Cc1ccc(F)c(Nc2cc3c(cc2N)OCCO3)c1F. The zero-order chi connectivity index (χ0) is 15.0. The van der Waals surface area contributed by atoms with Crippen molar-refractivity contribution in [3.8, 4) is 11.5 Å². The van der Waals surface area contributed by atoms with E-state index in [4.69, 9.17) is 15.2 Å². The number of nitrogens with two attached hydrogens (primary N) is 1. The van der Waals surface area contributed by atoms with E-state index in [2.05, 4.69) is 5.32 Å². The largest absolute Gasteiger partial charge is 0.486 e. The van der Waals surface area contributed by atoms with Gasteiger partial charge in [-0.3, -0.25) is 0 Å². The van der Waals surface area contributed by atoms with Crippen LogP contribution in [-0.4, -0.2) is 13.2 Å². The fourth-order valence-corrected chi connectivity index (χ4v) is 2.12. The molecule has 3 N–H and O–H groups in total. The van der Waals surface area contributed by atoms with Gasteiger partial charge in [0.15, 0.2) is 17.3 Å². The number of nitrogen functional groups attached to an aromatic ring is 1. The van der Waals surface area contributed by atoms with Crippen molar-refractivity contribution in [1.29, 1.82) is 0 Å². The van der Waals surface area contributed by atoms with Crippen LogP contribution in [0.5, 0.6) is 11.5 Å². The van der Waals surface area contributed by atoms with Crippen LogP contribution in [0.1, 0.15) is 5.56 Å². The number of nitrogens with one attached hydrogen (secondary N) is 1. The van der Waals surface area contributed by atoms with Gasteiger partial charge in [0, 0.05) is 12.1 Å². The fourth-order valence-electron chi connectivity index (χ4n) is 2.12. The van der Waals surface area contributed by atoms with Crippen molar-refractivity contribution < 1.29 is 18.3 Å². The van der Waals surface area contributed by atoms with Gasteiger partial charge in [-0.15, -0.1) is 0 Å². The monoisotopic (exact) mass is 292 g/mol. The summed E-state index contributed by atoms with van der Waals surface area (Å²) in [6, 6.07) is 5.73. The highest BCUT2D eigenvalue weighted by Crippen LogP contribution is 2.38. The molecule has 3 rings (SSSR count). The molecule has 0 saturated heterocycles. The minimum atomic E-state index is -0.688. The first-order chi connectivity index (χ1) is 10.1. The number of benzene rings is 2. The van der Waals surface area contributed by atoms with Crippen LogP contribution in [-0.2, 0) is 0 Å². The lowest BCUT2D eigenvalue weighted by Crippen LogP contribution is -2.16. The summed E-state index contributed by atoms with van der Waals surface area (Å²) in [7, 11) is 0. The summed E-state index contributed by atoms with van der Waals surface area (Å²) in [6.07, 6.45) is 0. The Hall–Kier alpha value is -2.50. The minimum Gasteiger partial charge on any atom is -0.486 e. The van der Waals surface area contributed by atoms with Crippen LogP contribution in [0, 0.1) is 18.6 Å². The van der Waals surface area contributed by atoms with E-state index in [0.717, 1.165) is 0 Å². The van der Waals surface area contributed by atoms with Gasteiger partial charge in [-0.1, -0.05) is 6.07 Å². The van der Waals surface area contributed by atoms with Crippen LogP contribution in [0.25, 0.3) is 0 Å². The summed E-state index contributed by atoms with van der Waals surface area (Å²) >= 11 is 0. The molecule has 0 radical (unpaired) electrons. The molecule has 1 heterocycles. The Morgan fingerprint density at radius 1 is 1.10 bits per heavy atom. The van der Waals surface area contributed by atoms with E-state index in [1.165, 1.54) is 12.1 Å². The Bertz CT molecular complexity index is 705. The topological polar surface area (TPSA) is 56.5 Å². The number of hydrogen-bond acceptors (Lipinski definition) is 4. The van der Waals surface area contributed by atoms with Crippen LogP contribution >= 0.6 is 0 Å². The quantitative estimate of drug-likeness (QED) is 0.833. The molecule has 0 atom stereocenters. The van der Waals surface area contributed by atoms with Gasteiger partial charge in [0.2, 0.25) is 0 Å². The zero-order valence-electron chi connectivity index (χ0n) is 11.4. The van der Waals surface area contributed by atoms with E-state index in [0.29, 0.717) is 41.7 Å². The van der Waals surface area contributed by atoms with Gasteiger partial charge in [0.25, 0.3) is 0 Å². The number of halogens is 2. The maximum atomic E-state index is 14.0. The van der Waals surface area contributed by atoms with Crippen molar-refractivity contribution >= 4 is 17.1 Å². The molecular formula is C15H14F2N2O2. The van der Waals surface area contributed by atoms with Gasteiger partial charge < -0.3 is 20.5 Å². The van der Waals surface area contributed by atoms with Crippen molar-refractivity contribution in [1.82, 2.24) is 0 Å². The van der Waals surface area contributed by atoms with Crippen LogP contribution in [0.4, 0.5) is 25.8 Å². The van der Waals surface area contributed by atoms with Gasteiger partial charge in [-0.05, 0) is 18.6 Å². The number of ether oxygens (including phenoxy) is 2. The average Bonchev–Trinajstić information content (AvgIpc) is 2.48. The molecule has 2 aromatic carbocycles. The van der Waals surface area contributed by atoms with Gasteiger partial charge in [-0.2, -0.15) is 0 Å². The number of aryl methyl sites for hydroxylation is 1. The molecule has 1 aliphatic rings. The predicted molar refractivity (Wildman–Crippen MR) is 76.2 cm³/mol. The van der Waals surface area contributed by atoms with Gasteiger partial charge in [0.1, 0.15) is 24.7 Å². The molecule has 0 aliphatic carbocycles. The van der Waals surface area contributed by atoms with Gasteiger partial charge >= 0.3 is 0 Å². The minimum absolute atomic E-state index is 0.238. The molecule has 0 unspecified atom stereocenters. The molecule has 0 spiro atoms. The molecule has 21 heavy (non-hydrogen) atoms. The lowest BCUT2D eigenvalue weighted by Gasteiger charge is -2.21. The first-order valence-corrected chi connectivity index (χ1v) is 6.47. The summed E-state index contributed by atoms with van der Waals surface area (Å²) in [5.41, 5.74) is 6.68. The molecule has 4 nitrogen and oxygen atoms in total. The maximum Gasteiger partial charge on any atom is 0.163 e. The first kappa shape index (κ1) is 13.5. The van der Waals surface area contributed by atoms with Crippen LogP contribution in [0.15, 0.2) is 24.3 Å². The van der Waals surface area contributed by atoms with Crippen molar-refractivity contribution in [3.63, 3.8) is 0 Å². The highest BCUT2D eigenvalue weighted by atomic mass is 19.1. The number of rotatable bonds is 2. The third-order valence-electron chi connectivity index (χ3n) is 3.26. The normalized spacial score (nSPS) is 13.1. The van der Waals surface area contributed by atoms with E-state index in [1.54, 1.807) is 19.1 Å². The molecule has 1 aliphatic heterocycles. The van der Waals surface area contributed by atoms with E-state index in [1.807, 2.05) is 0 Å². The Kier molecular flexibility index (Phi) is 3.29. The van der Waals surface area contributed by atoms with Gasteiger partial charge in [0.05, 0.1) is 11.4 Å². The van der Waals surface area contributed by atoms with E-state index < -0.39 is 11.6 Å². The molecule has 0 fully saturated rings. The van der Waals surface area contributed by atoms with E-state index >= 15 is 0 Å². The van der Waals surface area contributed by atoms with Gasteiger partial charge in [-0.25, -0.2) is 8.78 Å². The Labute approximate surface area is 120 Å². The Morgan fingerprint density at radius 2 is 1.76 bits per heavy atom. The number of anilines is 3. The lowest BCUT2D eigenvalue weighted by molar-refractivity contribution is 0.172. The standard InChI is InChI=1S/C15H14F2N2O2/c1-8-2-3-9(16)15(14(8)17)19-11-7-13-12(6-10(11)18)20-4-5-21-13/h2-3,6-7,19H,4-5,18H2,1H3. The van der Waals surface area contributed by atoms with Crippen molar-refractivity contribution in [3.05, 3.63) is 41.5 Å². The molecule has 0 saturated carbocycles. The third-order valence-corrected chi connectivity index (χ3v) is 3.26. The second-order valence-corrected chi connectivity index (χ2v) is 4.76. The Balaban J connectivity index is 2.01. The summed E-state index contributed by atoms with van der Waals surface area (Å²) in [6.45, 7) is 2.43. The predicted octanol–water partition coefficient (Wildman–Crippen LogP) is 3.37. The van der Waals surface area contributed by atoms with Crippen molar-refractivity contribution in [2.45, 2.75) is 6.92 Å². The summed E-state index contributed by atoms with van der Waals surface area (Å²) in [5, 5.41) is 2.69. The molecule has 0 aromatic heterocycles. The maximum absolute atomic E-state index is 14.0. The van der Waals surface area contributed by atoms with Crippen LogP contribution in [0.3, 0.4) is 0 Å². The first-order valence-electron chi connectivity index (χ1n) is 6.47. The highest BCUT2D eigenvalue weighted by Gasteiger charge is 2.17. The molecule has 2 aromatic rings. The zero-order valence-corrected chi connectivity index (χ0v) is 11.4. The molecular weight excluding hydrogens is 278 g/mol. The smallest absolute Gasteiger partial charge is 0.163 e. The summed E-state index contributed by atoms with van der Waals surface area (Å²) in [4.78, 5) is 0. The third kappa shape index (κ3) is 2.44. The molecule has 0 amide bonds. The van der Waals surface area contributed by atoms with E-state index in [9.17, 15) is 8.78 Å². The average molecular weight is 292 g/mol. The second kappa shape index (κ2) is 5.12. The Morgan fingerprint density at radius 3 is 2.48 bits per heavy atom. The number of fused-ring (bicyclic) bond motifs is 1. The number of hydrogen-bond donors (Lipinski definition) is 2. The van der Waals surface area contributed by atoms with Crippen molar-refractivity contribution in [2.75, 3.05) is 24.3 Å². The fraction of sp³-hybridized carbons (Fsp3) is 0.200. The summed E-state index contributed by atoms with van der Waals surface area (Å²) < 4.78 is 38.6. The molecule has 6 heteroatoms. The van der Waals surface area contributed by atoms with Crippen molar-refractivity contribution in [2.24, 2.45) is 0 Å². The second-order valence-electron chi connectivity index (χ2n) is 4.76. The van der Waals surface area contributed by atoms with Crippen LogP contribution < -0.4 is 20.5 Å². The molecule has 0 bridgehead atoms. The highest BCUT2D eigenvalue weighted by molar-refractivity contribution is 5.77. The van der Waals surface area contributed by atoms with Crippen LogP contribution in [0.2, 0.25) is 0 Å².